The van der Waals surface area contributed by atoms with E-state index in [2.05, 4.69) is 10.8 Å². The van der Waals surface area contributed by atoms with Crippen molar-refractivity contribution < 1.29 is 28.6 Å². The molecule has 10 heteroatoms. The quantitative estimate of drug-likeness (QED) is 0.283. The summed E-state index contributed by atoms with van der Waals surface area (Å²) < 4.78 is 16.1. The molecule has 0 radical (unpaired) electrons. The van der Waals surface area contributed by atoms with Crippen LogP contribution in [-0.4, -0.2) is 42.8 Å². The lowest BCUT2D eigenvalue weighted by Gasteiger charge is -2.14. The molecule has 1 heterocycles. The normalized spacial score (nSPS) is 14.4. The van der Waals surface area contributed by atoms with E-state index < -0.39 is 17.1 Å². The number of esters is 1. The highest BCUT2D eigenvalue weighted by Gasteiger charge is 2.35. The van der Waals surface area contributed by atoms with Gasteiger partial charge >= 0.3 is 5.97 Å². The van der Waals surface area contributed by atoms with Crippen molar-refractivity contribution in [2.24, 2.45) is 0 Å². The molecule has 3 rings (SSSR count). The Balaban J connectivity index is 1.84. The minimum Gasteiger partial charge on any atom is -0.493 e. The summed E-state index contributed by atoms with van der Waals surface area (Å²) in [4.78, 5) is 38.1. The molecule has 0 bridgehead atoms. The van der Waals surface area contributed by atoms with Crippen LogP contribution in [0, 0.1) is 14.9 Å². The molecule has 2 amide bonds. The number of thioether (sulfide) groups is 1. The van der Waals surface area contributed by atoms with Gasteiger partial charge in [0.25, 0.3) is 11.1 Å². The van der Waals surface area contributed by atoms with Crippen LogP contribution in [0.1, 0.15) is 16.7 Å². The molecular weight excluding hydrogens is 547 g/mol. The Morgan fingerprint density at radius 3 is 2.69 bits per heavy atom. The Hall–Kier alpha value is -3.04. The summed E-state index contributed by atoms with van der Waals surface area (Å²) in [6.45, 7) is -0.252. The molecule has 0 aliphatic carbocycles. The van der Waals surface area contributed by atoms with Gasteiger partial charge < -0.3 is 14.2 Å². The highest BCUT2D eigenvalue weighted by atomic mass is 127. The van der Waals surface area contributed by atoms with E-state index in [0.717, 1.165) is 16.7 Å². The van der Waals surface area contributed by atoms with Gasteiger partial charge in [-0.3, -0.25) is 14.5 Å². The number of carbonyl (C=O) groups excluding carboxylic acids is 3. The fraction of sp³-hybridized carbons (Fsp3) is 0.182. The van der Waals surface area contributed by atoms with Crippen molar-refractivity contribution >= 4 is 57.5 Å². The first kappa shape index (κ1) is 23.6. The number of nitriles is 1. The van der Waals surface area contributed by atoms with Crippen LogP contribution in [0.3, 0.4) is 0 Å². The number of halogens is 1. The number of hydrogen-bond acceptors (Lipinski definition) is 8. The van der Waals surface area contributed by atoms with Crippen LogP contribution in [0.25, 0.3) is 6.08 Å². The highest BCUT2D eigenvalue weighted by Crippen LogP contribution is 2.37. The lowest BCUT2D eigenvalue weighted by Crippen LogP contribution is -2.27. The van der Waals surface area contributed by atoms with E-state index in [1.165, 1.54) is 14.2 Å². The van der Waals surface area contributed by atoms with Gasteiger partial charge in [0.15, 0.2) is 18.1 Å². The monoisotopic (exact) mass is 564 g/mol. The standard InChI is InChI=1S/C22H17IN2O6S/c1-29-17-8-13(7-16(23)20(17)31-12-19(26)30-2)9-18-21(27)25(22(28)32-18)11-15-6-4-3-5-14(15)10-24/h3-9H,11-12H2,1-2H3/b18-9-. The molecule has 2 aromatic carbocycles. The van der Waals surface area contributed by atoms with E-state index in [9.17, 15) is 19.6 Å². The average Bonchev–Trinajstić information content (AvgIpc) is 3.05. The van der Waals surface area contributed by atoms with E-state index >= 15 is 0 Å². The molecular formula is C22H17IN2O6S. The van der Waals surface area contributed by atoms with E-state index in [0.29, 0.717) is 31.8 Å². The molecule has 32 heavy (non-hydrogen) atoms. The Morgan fingerprint density at radius 1 is 1.25 bits per heavy atom. The van der Waals surface area contributed by atoms with E-state index in [1.807, 2.05) is 22.6 Å². The van der Waals surface area contributed by atoms with Crippen molar-refractivity contribution in [2.45, 2.75) is 6.54 Å². The van der Waals surface area contributed by atoms with Crippen molar-refractivity contribution in [2.75, 3.05) is 20.8 Å². The fourth-order valence-corrected chi connectivity index (χ4v) is 4.50. The number of benzene rings is 2. The predicted molar refractivity (Wildman–Crippen MR) is 126 cm³/mol. The van der Waals surface area contributed by atoms with Gasteiger partial charge in [-0.25, -0.2) is 4.79 Å². The number of rotatable bonds is 7. The molecule has 164 valence electrons. The van der Waals surface area contributed by atoms with Gasteiger partial charge in [-0.1, -0.05) is 18.2 Å². The number of amides is 2. The molecule has 0 unspecified atom stereocenters. The van der Waals surface area contributed by atoms with Gasteiger partial charge in [0.2, 0.25) is 0 Å². The zero-order chi connectivity index (χ0) is 23.3. The molecule has 2 aromatic rings. The number of nitrogens with zero attached hydrogens (tertiary/aromatic N) is 2. The topological polar surface area (TPSA) is 106 Å². The Labute approximate surface area is 202 Å². The Kier molecular flexibility index (Phi) is 7.76. The predicted octanol–water partition coefficient (Wildman–Crippen LogP) is 3.96. The largest absolute Gasteiger partial charge is 0.493 e. The molecule has 0 N–H and O–H groups in total. The summed E-state index contributed by atoms with van der Waals surface area (Å²) in [7, 11) is 2.73. The number of imide groups is 1. The van der Waals surface area contributed by atoms with Crippen molar-refractivity contribution in [1.29, 1.82) is 5.26 Å². The summed E-state index contributed by atoms with van der Waals surface area (Å²) in [5.74, 6) is -0.225. The van der Waals surface area contributed by atoms with Crippen molar-refractivity contribution in [3.05, 3.63) is 61.6 Å². The SMILES string of the molecule is COC(=O)COc1c(I)cc(/C=C2\SC(=O)N(Cc3ccccc3C#N)C2=O)cc1OC. The summed E-state index contributed by atoms with van der Waals surface area (Å²) in [5, 5.41) is 8.84. The lowest BCUT2D eigenvalue weighted by molar-refractivity contribution is -0.143. The number of methoxy groups -OCH3 is 2. The van der Waals surface area contributed by atoms with Crippen LogP contribution < -0.4 is 9.47 Å². The molecule has 8 nitrogen and oxygen atoms in total. The molecule has 0 spiro atoms. The second-order valence-corrected chi connectivity index (χ2v) is 8.59. The van der Waals surface area contributed by atoms with Gasteiger partial charge in [-0.05, 0) is 69.8 Å². The van der Waals surface area contributed by atoms with E-state index in [1.54, 1.807) is 42.5 Å². The van der Waals surface area contributed by atoms with Crippen LogP contribution >= 0.6 is 34.4 Å². The van der Waals surface area contributed by atoms with Crippen LogP contribution in [0.15, 0.2) is 41.3 Å². The van der Waals surface area contributed by atoms with Crippen LogP contribution in [0.5, 0.6) is 11.5 Å². The summed E-state index contributed by atoms with van der Waals surface area (Å²) >= 11 is 2.86. The fourth-order valence-electron chi connectivity index (χ4n) is 2.88. The first-order valence-corrected chi connectivity index (χ1v) is 11.1. The van der Waals surface area contributed by atoms with Crippen molar-refractivity contribution in [3.63, 3.8) is 0 Å². The van der Waals surface area contributed by atoms with Crippen LogP contribution in [0.2, 0.25) is 0 Å². The van der Waals surface area contributed by atoms with Gasteiger partial charge in [0, 0.05) is 0 Å². The van der Waals surface area contributed by atoms with Crippen LogP contribution in [0.4, 0.5) is 4.79 Å². The van der Waals surface area contributed by atoms with Gasteiger partial charge in [0.05, 0.1) is 40.9 Å². The zero-order valence-electron chi connectivity index (χ0n) is 17.1. The Morgan fingerprint density at radius 2 is 2.00 bits per heavy atom. The van der Waals surface area contributed by atoms with Crippen LogP contribution in [-0.2, 0) is 20.9 Å². The summed E-state index contributed by atoms with van der Waals surface area (Å²) in [5.41, 5.74) is 1.64. The molecule has 0 aromatic heterocycles. The van der Waals surface area contributed by atoms with Gasteiger partial charge in [0.1, 0.15) is 0 Å². The van der Waals surface area contributed by atoms with Gasteiger partial charge in [-0.2, -0.15) is 5.26 Å². The lowest BCUT2D eigenvalue weighted by atomic mass is 10.1. The first-order chi connectivity index (χ1) is 15.4. The number of ether oxygens (including phenoxy) is 3. The highest BCUT2D eigenvalue weighted by molar-refractivity contribution is 14.1. The zero-order valence-corrected chi connectivity index (χ0v) is 20.1. The van der Waals surface area contributed by atoms with Crippen molar-refractivity contribution in [3.8, 4) is 17.6 Å². The van der Waals surface area contributed by atoms with Gasteiger partial charge in [-0.15, -0.1) is 0 Å². The maximum atomic E-state index is 12.9. The third-order valence-corrected chi connectivity index (χ3v) is 6.16. The Bertz CT molecular complexity index is 1160. The summed E-state index contributed by atoms with van der Waals surface area (Å²) in [6.07, 6.45) is 1.59. The molecule has 1 aliphatic rings. The number of carbonyl (C=O) groups is 3. The maximum absolute atomic E-state index is 12.9. The number of hydrogen-bond donors (Lipinski definition) is 0. The molecule has 0 atom stereocenters. The molecule has 1 aliphatic heterocycles. The third kappa shape index (κ3) is 5.23. The minimum absolute atomic E-state index is 0.0207. The second-order valence-electron chi connectivity index (χ2n) is 6.44. The van der Waals surface area contributed by atoms with Crippen molar-refractivity contribution in [1.82, 2.24) is 4.90 Å². The summed E-state index contributed by atoms with van der Waals surface area (Å²) in [6, 6.07) is 12.3. The van der Waals surface area contributed by atoms with E-state index in [-0.39, 0.29) is 18.1 Å². The molecule has 0 saturated carbocycles. The van der Waals surface area contributed by atoms with E-state index in [4.69, 9.17) is 9.47 Å². The second kappa shape index (κ2) is 10.5. The first-order valence-electron chi connectivity index (χ1n) is 9.18. The smallest absolute Gasteiger partial charge is 0.343 e. The third-order valence-electron chi connectivity index (χ3n) is 4.45. The molecule has 1 saturated heterocycles. The average molecular weight is 564 g/mol. The maximum Gasteiger partial charge on any atom is 0.343 e. The minimum atomic E-state index is -0.529. The molecule has 1 fully saturated rings.